The number of hydrogen-bond acceptors (Lipinski definition) is 9. The number of amides is 1. The standard InChI is InChI=1S/C29H31N9O3/c1-40-26-15-22-25(41-13-8-30-22)16-24(26)38-23-14-21(19-18-34-37-11-5-6-31-28(19)37)33-17-20(23)27(35-38)29(39)32-7-12-36-9-3-2-4-10-36/h5-6,11,14-18,30H,2-4,7-10,12-13H2,1H3,(H,32,39). The highest BCUT2D eigenvalue weighted by molar-refractivity contribution is 6.05. The van der Waals surface area contributed by atoms with Crippen molar-refractivity contribution < 1.29 is 14.3 Å². The van der Waals surface area contributed by atoms with Gasteiger partial charge in [0.1, 0.15) is 23.8 Å². The molecule has 0 unspecified atom stereocenters. The smallest absolute Gasteiger partial charge is 0.272 e. The molecule has 0 bridgehead atoms. The molecule has 1 amide bonds. The van der Waals surface area contributed by atoms with Gasteiger partial charge < -0.3 is 25.0 Å². The van der Waals surface area contributed by atoms with Crippen LogP contribution in [0.4, 0.5) is 5.69 Å². The van der Waals surface area contributed by atoms with Crippen LogP contribution in [0.25, 0.3) is 33.5 Å². The summed E-state index contributed by atoms with van der Waals surface area (Å²) in [6.45, 7) is 4.79. The van der Waals surface area contributed by atoms with E-state index in [0.717, 1.165) is 30.9 Å². The van der Waals surface area contributed by atoms with Crippen molar-refractivity contribution in [2.24, 2.45) is 0 Å². The second-order valence-corrected chi connectivity index (χ2v) is 10.2. The number of rotatable bonds is 7. The summed E-state index contributed by atoms with van der Waals surface area (Å²) in [6.07, 6.45) is 10.7. The summed E-state index contributed by atoms with van der Waals surface area (Å²) < 4.78 is 15.1. The van der Waals surface area contributed by atoms with E-state index in [9.17, 15) is 4.79 Å². The van der Waals surface area contributed by atoms with Gasteiger partial charge in [-0.3, -0.25) is 9.78 Å². The van der Waals surface area contributed by atoms with Crippen LogP contribution in [-0.2, 0) is 0 Å². The average Bonchev–Trinajstić information content (AvgIpc) is 3.62. The average molecular weight is 554 g/mol. The number of methoxy groups -OCH3 is 1. The lowest BCUT2D eigenvalue weighted by atomic mass is 10.1. The third kappa shape index (κ3) is 4.69. The number of nitrogens with one attached hydrogen (secondary N) is 2. The molecule has 0 aliphatic carbocycles. The molecule has 2 aliphatic rings. The normalized spacial score (nSPS) is 15.3. The van der Waals surface area contributed by atoms with Crippen molar-refractivity contribution in [3.8, 4) is 28.4 Å². The van der Waals surface area contributed by atoms with E-state index in [1.54, 1.807) is 34.9 Å². The fraction of sp³-hybridized carbons (Fsp3) is 0.345. The molecular weight excluding hydrogens is 522 g/mol. The molecule has 0 spiro atoms. The van der Waals surface area contributed by atoms with Gasteiger partial charge in [0, 0.05) is 50.4 Å². The Bertz CT molecular complexity index is 1740. The molecule has 2 aliphatic heterocycles. The Kier molecular flexibility index (Phi) is 6.59. The Labute approximate surface area is 236 Å². The van der Waals surface area contributed by atoms with E-state index in [2.05, 4.69) is 25.6 Å². The van der Waals surface area contributed by atoms with Crippen molar-refractivity contribution in [2.45, 2.75) is 19.3 Å². The van der Waals surface area contributed by atoms with Crippen molar-refractivity contribution in [1.82, 2.24) is 39.6 Å². The zero-order chi connectivity index (χ0) is 27.8. The minimum Gasteiger partial charge on any atom is -0.494 e. The summed E-state index contributed by atoms with van der Waals surface area (Å²) in [5.74, 6) is 1.05. The largest absolute Gasteiger partial charge is 0.494 e. The summed E-state index contributed by atoms with van der Waals surface area (Å²) in [6, 6.07) is 7.52. The van der Waals surface area contributed by atoms with E-state index in [-0.39, 0.29) is 5.91 Å². The minimum absolute atomic E-state index is 0.243. The van der Waals surface area contributed by atoms with Crippen LogP contribution in [0.2, 0.25) is 0 Å². The van der Waals surface area contributed by atoms with Gasteiger partial charge in [-0.05, 0) is 38.1 Å². The number of benzene rings is 1. The molecule has 0 radical (unpaired) electrons. The van der Waals surface area contributed by atoms with Crippen molar-refractivity contribution in [2.75, 3.05) is 51.8 Å². The maximum Gasteiger partial charge on any atom is 0.272 e. The number of piperidine rings is 1. The van der Waals surface area contributed by atoms with Crippen LogP contribution >= 0.6 is 0 Å². The highest BCUT2D eigenvalue weighted by atomic mass is 16.5. The molecule has 1 fully saturated rings. The van der Waals surface area contributed by atoms with Crippen LogP contribution in [-0.4, -0.2) is 86.6 Å². The maximum atomic E-state index is 13.5. The van der Waals surface area contributed by atoms with Gasteiger partial charge in [0.15, 0.2) is 11.3 Å². The first-order chi connectivity index (χ1) is 20.2. The molecular formula is C29H31N9O3. The van der Waals surface area contributed by atoms with Gasteiger partial charge in [0.25, 0.3) is 5.91 Å². The molecule has 1 saturated heterocycles. The Balaban J connectivity index is 1.31. The highest BCUT2D eigenvalue weighted by Gasteiger charge is 2.24. The van der Waals surface area contributed by atoms with Crippen molar-refractivity contribution in [3.63, 3.8) is 0 Å². The Morgan fingerprint density at radius 2 is 2.05 bits per heavy atom. The Hall–Kier alpha value is -4.71. The van der Waals surface area contributed by atoms with E-state index in [0.29, 0.717) is 64.8 Å². The van der Waals surface area contributed by atoms with Crippen LogP contribution < -0.4 is 20.1 Å². The van der Waals surface area contributed by atoms with Crippen molar-refractivity contribution in [3.05, 3.63) is 54.7 Å². The molecule has 1 aromatic carbocycles. The second kappa shape index (κ2) is 10.7. The predicted octanol–water partition coefficient (Wildman–Crippen LogP) is 3.16. The monoisotopic (exact) mass is 553 g/mol. The number of ether oxygens (including phenoxy) is 2. The van der Waals surface area contributed by atoms with E-state index < -0.39 is 0 Å². The number of fused-ring (bicyclic) bond motifs is 3. The number of carbonyl (C=O) groups is 1. The Morgan fingerprint density at radius 3 is 2.93 bits per heavy atom. The topological polar surface area (TPSA) is 124 Å². The predicted molar refractivity (Wildman–Crippen MR) is 154 cm³/mol. The van der Waals surface area contributed by atoms with Gasteiger partial charge in [0.2, 0.25) is 0 Å². The molecule has 210 valence electrons. The SMILES string of the molecule is COc1cc2c(cc1-n1nc(C(=O)NCCN3CCCCC3)c3cnc(-c4cnn5cccnc45)cc31)OCCN2. The fourth-order valence-corrected chi connectivity index (χ4v) is 5.59. The van der Waals surface area contributed by atoms with Crippen LogP contribution in [0.15, 0.2) is 49.1 Å². The molecule has 7 rings (SSSR count). The number of hydrogen-bond donors (Lipinski definition) is 2. The summed E-state index contributed by atoms with van der Waals surface area (Å²) in [5, 5.41) is 16.3. The Morgan fingerprint density at radius 1 is 1.15 bits per heavy atom. The molecule has 0 atom stereocenters. The lowest BCUT2D eigenvalue weighted by Crippen LogP contribution is -2.37. The van der Waals surface area contributed by atoms with Crippen molar-refractivity contribution in [1.29, 1.82) is 0 Å². The van der Waals surface area contributed by atoms with Crippen LogP contribution in [0.5, 0.6) is 11.5 Å². The lowest BCUT2D eigenvalue weighted by molar-refractivity contribution is 0.0942. The maximum absolute atomic E-state index is 13.5. The van der Waals surface area contributed by atoms with E-state index >= 15 is 0 Å². The van der Waals surface area contributed by atoms with Gasteiger partial charge >= 0.3 is 0 Å². The second-order valence-electron chi connectivity index (χ2n) is 10.2. The molecule has 6 heterocycles. The quantitative estimate of drug-likeness (QED) is 0.313. The zero-order valence-electron chi connectivity index (χ0n) is 22.8. The summed E-state index contributed by atoms with van der Waals surface area (Å²) >= 11 is 0. The molecule has 41 heavy (non-hydrogen) atoms. The first kappa shape index (κ1) is 25.3. The lowest BCUT2D eigenvalue weighted by Gasteiger charge is -2.26. The number of likely N-dealkylation sites (tertiary alicyclic amines) is 1. The highest BCUT2D eigenvalue weighted by Crippen LogP contribution is 2.38. The van der Waals surface area contributed by atoms with Gasteiger partial charge in [-0.15, -0.1) is 0 Å². The number of aromatic nitrogens is 6. The zero-order valence-corrected chi connectivity index (χ0v) is 22.8. The summed E-state index contributed by atoms with van der Waals surface area (Å²) in [4.78, 5) is 25.1. The number of pyridine rings is 1. The third-order valence-corrected chi connectivity index (χ3v) is 7.68. The van der Waals surface area contributed by atoms with Gasteiger partial charge in [0.05, 0.1) is 41.2 Å². The van der Waals surface area contributed by atoms with Crippen LogP contribution in [0.3, 0.4) is 0 Å². The summed E-state index contributed by atoms with van der Waals surface area (Å²) in [7, 11) is 1.62. The van der Waals surface area contributed by atoms with Gasteiger partial charge in [-0.2, -0.15) is 10.2 Å². The van der Waals surface area contributed by atoms with Gasteiger partial charge in [-0.25, -0.2) is 14.2 Å². The summed E-state index contributed by atoms with van der Waals surface area (Å²) in [5.41, 5.74) is 4.64. The van der Waals surface area contributed by atoms with Crippen LogP contribution in [0.1, 0.15) is 29.8 Å². The molecule has 12 heteroatoms. The number of nitrogens with zero attached hydrogens (tertiary/aromatic N) is 7. The fourth-order valence-electron chi connectivity index (χ4n) is 5.59. The number of anilines is 1. The molecule has 4 aromatic heterocycles. The molecule has 12 nitrogen and oxygen atoms in total. The van der Waals surface area contributed by atoms with Gasteiger partial charge in [-0.1, -0.05) is 6.42 Å². The number of carbonyl (C=O) groups excluding carboxylic acids is 1. The van der Waals surface area contributed by atoms with E-state index in [4.69, 9.17) is 19.6 Å². The van der Waals surface area contributed by atoms with E-state index in [1.807, 2.05) is 30.5 Å². The molecule has 0 saturated carbocycles. The first-order valence-electron chi connectivity index (χ1n) is 14.0. The van der Waals surface area contributed by atoms with E-state index in [1.165, 1.54) is 19.3 Å². The van der Waals surface area contributed by atoms with Crippen molar-refractivity contribution >= 4 is 28.1 Å². The van der Waals surface area contributed by atoms with Crippen LogP contribution in [0, 0.1) is 0 Å². The minimum atomic E-state index is -0.243. The molecule has 5 aromatic rings. The first-order valence-corrected chi connectivity index (χ1v) is 14.0. The molecule has 2 N–H and O–H groups in total. The third-order valence-electron chi connectivity index (χ3n) is 7.68.